The molecule has 1 fully saturated rings. The summed E-state index contributed by atoms with van der Waals surface area (Å²) >= 11 is 0. The number of nitrogens with one attached hydrogen (secondary N) is 1. The van der Waals surface area contributed by atoms with Gasteiger partial charge < -0.3 is 19.2 Å². The topological polar surface area (TPSA) is 109 Å². The molecule has 4 rings (SSSR count). The Hall–Kier alpha value is -2.17. The highest BCUT2D eigenvalue weighted by Gasteiger charge is 2.29. The molecule has 1 aliphatic heterocycles. The van der Waals surface area contributed by atoms with E-state index in [4.69, 9.17) is 9.15 Å². The maximum absolute atomic E-state index is 12.7. The van der Waals surface area contributed by atoms with Crippen molar-refractivity contribution < 1.29 is 27.6 Å². The number of fused-ring (bicyclic) bond motifs is 1. The second-order valence-electron chi connectivity index (χ2n) is 7.60. The Bertz CT molecular complexity index is 1090. The van der Waals surface area contributed by atoms with Gasteiger partial charge >= 0.3 is 7.12 Å². The first kappa shape index (κ1) is 21.1. The Morgan fingerprint density at radius 1 is 1.13 bits per heavy atom. The average molecular weight is 429 g/mol. The summed E-state index contributed by atoms with van der Waals surface area (Å²) < 4.78 is 38.9. The minimum atomic E-state index is -3.80. The van der Waals surface area contributed by atoms with E-state index in [-0.39, 0.29) is 18.3 Å². The summed E-state index contributed by atoms with van der Waals surface area (Å²) in [5.74, 6) is -1.35. The lowest BCUT2D eigenvalue weighted by Gasteiger charge is -2.18. The van der Waals surface area contributed by atoms with Crippen molar-refractivity contribution in [3.8, 4) is 0 Å². The van der Waals surface area contributed by atoms with E-state index < -0.39 is 23.1 Å². The molecular formula is C21H24BNO6S. The molecule has 1 aliphatic rings. The van der Waals surface area contributed by atoms with Crippen LogP contribution < -0.4 is 4.72 Å². The van der Waals surface area contributed by atoms with Gasteiger partial charge in [-0.05, 0) is 42.0 Å². The third-order valence-electron chi connectivity index (χ3n) is 5.33. The van der Waals surface area contributed by atoms with Crippen LogP contribution in [0.4, 0.5) is 0 Å². The van der Waals surface area contributed by atoms with Crippen LogP contribution in [0.15, 0.2) is 59.2 Å². The van der Waals surface area contributed by atoms with Gasteiger partial charge in [0.25, 0.3) is 0 Å². The molecule has 158 valence electrons. The van der Waals surface area contributed by atoms with Crippen LogP contribution in [0.1, 0.15) is 35.6 Å². The van der Waals surface area contributed by atoms with Crippen LogP contribution in [0.25, 0.3) is 11.0 Å². The first-order chi connectivity index (χ1) is 14.4. The van der Waals surface area contributed by atoms with E-state index in [2.05, 4.69) is 4.72 Å². The number of hydrogen-bond donors (Lipinski definition) is 3. The summed E-state index contributed by atoms with van der Waals surface area (Å²) in [6.45, 7) is 0.752. The smallest absolute Gasteiger partial charge is 0.464 e. The average Bonchev–Trinajstić information content (AvgIpc) is 3.38. The Morgan fingerprint density at radius 2 is 1.90 bits per heavy atom. The van der Waals surface area contributed by atoms with Gasteiger partial charge in [0.2, 0.25) is 10.0 Å². The molecule has 1 saturated heterocycles. The van der Waals surface area contributed by atoms with E-state index >= 15 is 0 Å². The van der Waals surface area contributed by atoms with Crippen molar-refractivity contribution >= 4 is 28.1 Å². The van der Waals surface area contributed by atoms with E-state index in [9.17, 15) is 18.5 Å². The molecule has 0 aliphatic carbocycles. The molecular weight excluding hydrogens is 405 g/mol. The summed E-state index contributed by atoms with van der Waals surface area (Å²) in [6, 6.07) is 14.6. The Morgan fingerprint density at radius 3 is 2.60 bits per heavy atom. The molecule has 1 aromatic heterocycles. The molecule has 0 saturated carbocycles. The zero-order valence-electron chi connectivity index (χ0n) is 16.4. The zero-order valence-corrected chi connectivity index (χ0v) is 17.2. The third-order valence-corrected chi connectivity index (χ3v) is 6.70. The fraction of sp³-hybridized carbons (Fsp3) is 0.333. The van der Waals surface area contributed by atoms with Crippen LogP contribution in [-0.4, -0.2) is 38.1 Å². The molecule has 2 atom stereocenters. The van der Waals surface area contributed by atoms with Crippen LogP contribution in [0.3, 0.4) is 0 Å². The third kappa shape index (κ3) is 4.93. The van der Waals surface area contributed by atoms with Gasteiger partial charge in [0.15, 0.2) is 0 Å². The van der Waals surface area contributed by atoms with E-state index in [0.29, 0.717) is 16.7 Å². The summed E-state index contributed by atoms with van der Waals surface area (Å²) in [7, 11) is -5.65. The minimum Gasteiger partial charge on any atom is -0.464 e. The maximum Gasteiger partial charge on any atom is 0.471 e. The highest BCUT2D eigenvalue weighted by molar-refractivity contribution is 7.88. The van der Waals surface area contributed by atoms with E-state index in [1.807, 2.05) is 30.3 Å². The van der Waals surface area contributed by atoms with Crippen LogP contribution in [0, 0.1) is 0 Å². The standard InChI is InChI=1S/C21H24BNO6S/c24-22(25)21(12-17-13-29-20-5-2-1-4-18(17)20)23-30(26,27)14-15-7-9-16(10-8-15)19-6-3-11-28-19/h1-2,4-5,7-10,13,19,21,23-25H,3,6,11-12,14H2/t19?,21-/m0/s1. The molecule has 7 nitrogen and oxygen atoms in total. The van der Waals surface area contributed by atoms with Crippen molar-refractivity contribution in [1.82, 2.24) is 4.72 Å². The molecule has 3 N–H and O–H groups in total. The van der Waals surface area contributed by atoms with Crippen molar-refractivity contribution in [3.63, 3.8) is 0 Å². The largest absolute Gasteiger partial charge is 0.471 e. The number of hydrogen-bond acceptors (Lipinski definition) is 6. The van der Waals surface area contributed by atoms with Gasteiger partial charge in [-0.15, -0.1) is 0 Å². The van der Waals surface area contributed by atoms with Crippen molar-refractivity contribution in [2.24, 2.45) is 0 Å². The molecule has 1 unspecified atom stereocenters. The molecule has 0 radical (unpaired) electrons. The summed E-state index contributed by atoms with van der Waals surface area (Å²) in [5.41, 5.74) is 3.02. The number of para-hydroxylation sites is 1. The van der Waals surface area contributed by atoms with Crippen molar-refractivity contribution in [3.05, 3.63) is 71.5 Å². The first-order valence-corrected chi connectivity index (χ1v) is 11.6. The van der Waals surface area contributed by atoms with Gasteiger partial charge in [-0.25, -0.2) is 13.1 Å². The first-order valence-electron chi connectivity index (χ1n) is 9.93. The maximum atomic E-state index is 12.7. The van der Waals surface area contributed by atoms with Crippen molar-refractivity contribution in [2.45, 2.75) is 37.1 Å². The summed E-state index contributed by atoms with van der Waals surface area (Å²) in [4.78, 5) is 0. The predicted molar refractivity (Wildman–Crippen MR) is 114 cm³/mol. The van der Waals surface area contributed by atoms with Crippen LogP contribution in [-0.2, 0) is 26.9 Å². The van der Waals surface area contributed by atoms with E-state index in [0.717, 1.165) is 30.4 Å². The lowest BCUT2D eigenvalue weighted by molar-refractivity contribution is 0.112. The monoisotopic (exact) mass is 429 g/mol. The van der Waals surface area contributed by atoms with E-state index in [1.165, 1.54) is 6.26 Å². The summed E-state index contributed by atoms with van der Waals surface area (Å²) in [5, 5.41) is 20.3. The highest BCUT2D eigenvalue weighted by atomic mass is 32.2. The highest BCUT2D eigenvalue weighted by Crippen LogP contribution is 2.28. The molecule has 2 aromatic carbocycles. The number of ether oxygens (including phenoxy) is 1. The number of furan rings is 1. The van der Waals surface area contributed by atoms with Crippen molar-refractivity contribution in [1.29, 1.82) is 0 Å². The SMILES string of the molecule is O=S(=O)(Cc1ccc(C2CCCO2)cc1)N[C@@H](Cc1coc2ccccc12)B(O)O. The number of sulfonamides is 1. The fourth-order valence-electron chi connectivity index (χ4n) is 3.80. The van der Waals surface area contributed by atoms with Crippen LogP contribution in [0.2, 0.25) is 0 Å². The minimum absolute atomic E-state index is 0.0764. The molecule has 0 spiro atoms. The molecule has 0 bridgehead atoms. The molecule has 3 aromatic rings. The number of rotatable bonds is 8. The van der Waals surface area contributed by atoms with Crippen molar-refractivity contribution in [2.75, 3.05) is 6.61 Å². The molecule has 0 amide bonds. The molecule has 2 heterocycles. The second-order valence-corrected chi connectivity index (χ2v) is 9.36. The Kier molecular flexibility index (Phi) is 6.26. The normalized spacial score (nSPS) is 18.0. The van der Waals surface area contributed by atoms with Gasteiger partial charge in [-0.1, -0.05) is 42.5 Å². The predicted octanol–water partition coefficient (Wildman–Crippen LogP) is 2.33. The fourth-order valence-corrected chi connectivity index (χ4v) is 5.18. The zero-order chi connectivity index (χ0) is 21.1. The molecule has 30 heavy (non-hydrogen) atoms. The lowest BCUT2D eigenvalue weighted by Crippen LogP contribution is -2.48. The van der Waals surface area contributed by atoms with E-state index in [1.54, 1.807) is 18.2 Å². The van der Waals surface area contributed by atoms with Crippen LogP contribution in [0.5, 0.6) is 0 Å². The van der Waals surface area contributed by atoms with Gasteiger partial charge in [0, 0.05) is 12.0 Å². The van der Waals surface area contributed by atoms with Crippen LogP contribution >= 0.6 is 0 Å². The second kappa shape index (κ2) is 8.91. The number of benzene rings is 2. The Balaban J connectivity index is 1.44. The summed E-state index contributed by atoms with van der Waals surface area (Å²) in [6.07, 6.45) is 3.68. The van der Waals surface area contributed by atoms with Gasteiger partial charge in [-0.2, -0.15) is 0 Å². The molecule has 9 heteroatoms. The van der Waals surface area contributed by atoms with Gasteiger partial charge in [-0.3, -0.25) is 0 Å². The van der Waals surface area contributed by atoms with Gasteiger partial charge in [0.1, 0.15) is 5.58 Å². The lowest BCUT2D eigenvalue weighted by atomic mass is 9.77. The quantitative estimate of drug-likeness (QED) is 0.475. The van der Waals surface area contributed by atoms with Gasteiger partial charge in [0.05, 0.1) is 24.1 Å². The Labute approximate surface area is 175 Å².